The fourth-order valence-electron chi connectivity index (χ4n) is 3.73. The zero-order chi connectivity index (χ0) is 22.2. The third-order valence-corrected chi connectivity index (χ3v) is 6.90. The molecule has 6 heteroatoms. The Balaban J connectivity index is 0.00000900. The minimum absolute atomic E-state index is 0. The van der Waals surface area contributed by atoms with Gasteiger partial charge in [0, 0.05) is 0 Å². The topological polar surface area (TPSA) is 66.4 Å². The Bertz CT molecular complexity index is 676. The average molecular weight is 463 g/mol. The SMILES string of the molecule is CCCCCCCCc1cccc(OCC(C)S(=O)(=O)[O-])c1CCCCCCCC.[Na+]. The van der Waals surface area contributed by atoms with Crippen molar-refractivity contribution in [2.24, 2.45) is 0 Å². The maximum atomic E-state index is 11.2. The number of hydrogen-bond acceptors (Lipinski definition) is 4. The molecule has 0 N–H and O–H groups in total. The van der Waals surface area contributed by atoms with Crippen LogP contribution in [0, 0.1) is 0 Å². The number of benzene rings is 1. The fraction of sp³-hybridized carbons (Fsp3) is 0.760. The van der Waals surface area contributed by atoms with Crippen molar-refractivity contribution in [3.8, 4) is 5.75 Å². The van der Waals surface area contributed by atoms with Crippen molar-refractivity contribution in [2.75, 3.05) is 6.61 Å². The number of unbranched alkanes of at least 4 members (excludes halogenated alkanes) is 10. The van der Waals surface area contributed by atoms with Crippen LogP contribution in [0.3, 0.4) is 0 Å². The smallest absolute Gasteiger partial charge is 0.748 e. The van der Waals surface area contributed by atoms with E-state index in [1.807, 2.05) is 12.1 Å². The van der Waals surface area contributed by atoms with Gasteiger partial charge in [-0.05, 0) is 49.8 Å². The molecule has 0 saturated carbocycles. The summed E-state index contributed by atoms with van der Waals surface area (Å²) in [5.41, 5.74) is 2.52. The Hall–Kier alpha value is -0.0700. The van der Waals surface area contributed by atoms with Crippen LogP contribution in [-0.2, 0) is 23.0 Å². The standard InChI is InChI=1S/C25H44O4S.Na/c1-4-6-8-10-12-14-17-23-18-16-20-25(29-21-22(3)30(26,27)28)24(23)19-15-13-11-9-7-5-2;/h16,18,20,22H,4-15,17,19,21H2,1-3H3,(H,26,27,28);/q;+1/p-1. The maximum Gasteiger partial charge on any atom is 1.00 e. The minimum atomic E-state index is -4.33. The van der Waals surface area contributed by atoms with E-state index in [-0.39, 0.29) is 36.2 Å². The quantitative estimate of drug-likeness (QED) is 0.189. The summed E-state index contributed by atoms with van der Waals surface area (Å²) >= 11 is 0. The summed E-state index contributed by atoms with van der Waals surface area (Å²) in [6, 6.07) is 6.09. The second-order valence-electron chi connectivity index (χ2n) is 8.54. The van der Waals surface area contributed by atoms with Gasteiger partial charge in [-0.2, -0.15) is 0 Å². The molecule has 1 aromatic rings. The Morgan fingerprint density at radius 2 is 1.35 bits per heavy atom. The average Bonchev–Trinajstić information content (AvgIpc) is 2.71. The van der Waals surface area contributed by atoms with Crippen LogP contribution < -0.4 is 34.3 Å². The van der Waals surface area contributed by atoms with Crippen LogP contribution >= 0.6 is 0 Å². The monoisotopic (exact) mass is 462 g/mol. The molecule has 4 nitrogen and oxygen atoms in total. The van der Waals surface area contributed by atoms with Crippen LogP contribution in [0.5, 0.6) is 5.75 Å². The van der Waals surface area contributed by atoms with Crippen LogP contribution in [-0.4, -0.2) is 24.8 Å². The molecule has 0 fully saturated rings. The molecule has 0 aliphatic heterocycles. The van der Waals surface area contributed by atoms with E-state index in [0.29, 0.717) is 0 Å². The van der Waals surface area contributed by atoms with E-state index >= 15 is 0 Å². The van der Waals surface area contributed by atoms with Crippen molar-refractivity contribution in [3.63, 3.8) is 0 Å². The second-order valence-corrected chi connectivity index (χ2v) is 10.3. The zero-order valence-electron chi connectivity index (χ0n) is 20.5. The van der Waals surface area contributed by atoms with Gasteiger partial charge in [-0.15, -0.1) is 0 Å². The zero-order valence-corrected chi connectivity index (χ0v) is 23.3. The molecule has 1 atom stereocenters. The van der Waals surface area contributed by atoms with Crippen molar-refractivity contribution in [2.45, 2.75) is 116 Å². The molecular formula is C25H43NaO4S. The predicted octanol–water partition coefficient (Wildman–Crippen LogP) is 3.81. The summed E-state index contributed by atoms with van der Waals surface area (Å²) in [7, 11) is -4.33. The van der Waals surface area contributed by atoms with Gasteiger partial charge < -0.3 is 9.29 Å². The fourth-order valence-corrected chi connectivity index (χ4v) is 3.97. The van der Waals surface area contributed by atoms with Gasteiger partial charge in [-0.1, -0.05) is 90.2 Å². The molecule has 0 aromatic heterocycles. The van der Waals surface area contributed by atoms with E-state index in [9.17, 15) is 13.0 Å². The summed E-state index contributed by atoms with van der Waals surface area (Å²) in [6.45, 7) is 5.79. The van der Waals surface area contributed by atoms with Crippen molar-refractivity contribution in [1.82, 2.24) is 0 Å². The minimum Gasteiger partial charge on any atom is -0.748 e. The maximum absolute atomic E-state index is 11.2. The Morgan fingerprint density at radius 3 is 1.90 bits per heavy atom. The Labute approximate surface area is 214 Å². The summed E-state index contributed by atoms with van der Waals surface area (Å²) < 4.78 is 39.5. The molecule has 174 valence electrons. The number of rotatable bonds is 18. The summed E-state index contributed by atoms with van der Waals surface area (Å²) in [6.07, 6.45) is 17.0. The van der Waals surface area contributed by atoms with E-state index in [1.54, 1.807) is 0 Å². The molecule has 0 heterocycles. The van der Waals surface area contributed by atoms with E-state index in [4.69, 9.17) is 4.74 Å². The molecule has 0 aliphatic rings. The van der Waals surface area contributed by atoms with Gasteiger partial charge in [-0.3, -0.25) is 0 Å². The first-order chi connectivity index (χ1) is 14.4. The molecule has 0 bridgehead atoms. The summed E-state index contributed by atoms with van der Waals surface area (Å²) in [4.78, 5) is 0. The van der Waals surface area contributed by atoms with Crippen molar-refractivity contribution in [1.29, 1.82) is 0 Å². The van der Waals surface area contributed by atoms with Crippen molar-refractivity contribution >= 4 is 10.1 Å². The van der Waals surface area contributed by atoms with Crippen molar-refractivity contribution < 1.29 is 47.3 Å². The molecule has 1 aromatic carbocycles. The Morgan fingerprint density at radius 1 is 0.839 bits per heavy atom. The van der Waals surface area contributed by atoms with Gasteiger partial charge in [-0.25, -0.2) is 8.42 Å². The van der Waals surface area contributed by atoms with E-state index in [1.165, 1.54) is 88.7 Å². The number of ether oxygens (including phenoxy) is 1. The van der Waals surface area contributed by atoms with Crippen LogP contribution in [0.4, 0.5) is 0 Å². The van der Waals surface area contributed by atoms with E-state index < -0.39 is 15.4 Å². The molecule has 0 aliphatic carbocycles. The van der Waals surface area contributed by atoms with Crippen molar-refractivity contribution in [3.05, 3.63) is 29.3 Å². The first-order valence-electron chi connectivity index (χ1n) is 12.1. The third kappa shape index (κ3) is 13.9. The molecular weight excluding hydrogens is 419 g/mol. The molecule has 0 saturated heterocycles. The molecule has 31 heavy (non-hydrogen) atoms. The molecule has 1 rings (SSSR count). The normalized spacial score (nSPS) is 12.4. The number of hydrogen-bond donors (Lipinski definition) is 0. The predicted molar refractivity (Wildman–Crippen MR) is 125 cm³/mol. The summed E-state index contributed by atoms with van der Waals surface area (Å²) in [5.74, 6) is 0.752. The van der Waals surface area contributed by atoms with E-state index in [2.05, 4.69) is 19.9 Å². The largest absolute Gasteiger partial charge is 1.00 e. The first kappa shape index (κ1) is 30.9. The van der Waals surface area contributed by atoms with Gasteiger partial charge in [0.1, 0.15) is 22.5 Å². The number of aryl methyl sites for hydroxylation is 1. The van der Waals surface area contributed by atoms with Gasteiger partial charge in [0.15, 0.2) is 0 Å². The van der Waals surface area contributed by atoms with Crippen LogP contribution in [0.2, 0.25) is 0 Å². The van der Waals surface area contributed by atoms with Crippen LogP contribution in [0.25, 0.3) is 0 Å². The molecule has 0 amide bonds. The van der Waals surface area contributed by atoms with Crippen LogP contribution in [0.1, 0.15) is 109 Å². The van der Waals surface area contributed by atoms with Gasteiger partial charge in [0.25, 0.3) is 0 Å². The van der Waals surface area contributed by atoms with E-state index in [0.717, 1.165) is 25.0 Å². The van der Waals surface area contributed by atoms with Gasteiger partial charge in [0.2, 0.25) is 0 Å². The summed E-state index contributed by atoms with van der Waals surface area (Å²) in [5, 5.41) is -1.04. The van der Waals surface area contributed by atoms with Crippen LogP contribution in [0.15, 0.2) is 18.2 Å². The molecule has 0 radical (unpaired) electrons. The van der Waals surface area contributed by atoms with Gasteiger partial charge >= 0.3 is 29.6 Å². The Kier molecular flexibility index (Phi) is 18.3. The third-order valence-electron chi connectivity index (χ3n) is 5.78. The molecule has 0 spiro atoms. The second kappa shape index (κ2) is 18.4. The molecule has 1 unspecified atom stereocenters. The first-order valence-corrected chi connectivity index (χ1v) is 13.6. The van der Waals surface area contributed by atoms with Gasteiger partial charge in [0.05, 0.1) is 5.25 Å².